The number of carbonyl (C=O) groups excluding carboxylic acids is 1. The smallest absolute Gasteiger partial charge is 0.243 e. The van der Waals surface area contributed by atoms with Crippen LogP contribution in [-0.2, 0) is 14.8 Å². The summed E-state index contributed by atoms with van der Waals surface area (Å²) >= 11 is 0. The molecule has 0 bridgehead atoms. The fourth-order valence-electron chi connectivity index (χ4n) is 2.87. The first-order valence-corrected chi connectivity index (χ1v) is 9.45. The molecule has 23 heavy (non-hydrogen) atoms. The normalized spacial score (nSPS) is 23.0. The van der Waals surface area contributed by atoms with E-state index in [0.29, 0.717) is 24.6 Å². The van der Waals surface area contributed by atoms with Crippen molar-refractivity contribution in [1.29, 1.82) is 0 Å². The van der Waals surface area contributed by atoms with Gasteiger partial charge in [0.2, 0.25) is 10.0 Å². The van der Waals surface area contributed by atoms with Crippen LogP contribution in [0.5, 0.6) is 5.75 Å². The van der Waals surface area contributed by atoms with Gasteiger partial charge in [-0.1, -0.05) is 6.92 Å². The SMILES string of the molecule is CC(=O)C1C[C@H](C)CCN1S(=O)(=O)c1ccc(OC(C)C)cc1. The Morgan fingerprint density at radius 1 is 1.26 bits per heavy atom. The third-order valence-electron chi connectivity index (χ3n) is 4.09. The van der Waals surface area contributed by atoms with Crippen LogP contribution in [0.1, 0.15) is 40.5 Å². The van der Waals surface area contributed by atoms with Crippen LogP contribution >= 0.6 is 0 Å². The van der Waals surface area contributed by atoms with Gasteiger partial charge < -0.3 is 4.74 Å². The highest BCUT2D eigenvalue weighted by molar-refractivity contribution is 7.89. The lowest BCUT2D eigenvalue weighted by molar-refractivity contribution is -0.121. The second-order valence-electron chi connectivity index (χ2n) is 6.51. The highest BCUT2D eigenvalue weighted by Gasteiger charge is 2.37. The van der Waals surface area contributed by atoms with Crippen molar-refractivity contribution in [3.63, 3.8) is 0 Å². The molecular formula is C17H25NO4S. The lowest BCUT2D eigenvalue weighted by Crippen LogP contribution is -2.48. The van der Waals surface area contributed by atoms with Crippen LogP contribution in [-0.4, -0.2) is 37.2 Å². The Bertz CT molecular complexity index is 652. The third kappa shape index (κ3) is 4.12. The summed E-state index contributed by atoms with van der Waals surface area (Å²) in [4.78, 5) is 12.1. The van der Waals surface area contributed by atoms with Gasteiger partial charge in [-0.25, -0.2) is 8.42 Å². The number of hydrogen-bond donors (Lipinski definition) is 0. The standard InChI is InChI=1S/C17H25NO4S/c1-12(2)22-15-5-7-16(8-6-15)23(20,21)18-10-9-13(3)11-17(18)14(4)19/h5-8,12-13,17H,9-11H2,1-4H3/t13-,17?/m1/s1. The zero-order chi connectivity index (χ0) is 17.2. The molecule has 1 aliphatic heterocycles. The van der Waals surface area contributed by atoms with Gasteiger partial charge in [0.1, 0.15) is 11.5 Å². The number of nitrogens with zero attached hydrogens (tertiary/aromatic N) is 1. The second-order valence-corrected chi connectivity index (χ2v) is 8.40. The van der Waals surface area contributed by atoms with Crippen molar-refractivity contribution >= 4 is 15.8 Å². The Kier molecular flexibility index (Phi) is 5.47. The predicted molar refractivity (Wildman–Crippen MR) is 89.0 cm³/mol. The molecule has 0 saturated carbocycles. The molecule has 1 unspecified atom stereocenters. The highest BCUT2D eigenvalue weighted by Crippen LogP contribution is 2.29. The van der Waals surface area contributed by atoms with Gasteiger partial charge in [0, 0.05) is 6.54 Å². The number of ether oxygens (including phenoxy) is 1. The number of Topliss-reactive ketones (excluding diaryl/α,β-unsaturated/α-hetero) is 1. The molecule has 0 aromatic heterocycles. The highest BCUT2D eigenvalue weighted by atomic mass is 32.2. The minimum Gasteiger partial charge on any atom is -0.491 e. The van der Waals surface area contributed by atoms with E-state index < -0.39 is 16.1 Å². The van der Waals surface area contributed by atoms with E-state index >= 15 is 0 Å². The Labute approximate surface area is 138 Å². The van der Waals surface area contributed by atoms with Crippen LogP contribution in [0.2, 0.25) is 0 Å². The van der Waals surface area contributed by atoms with E-state index in [2.05, 4.69) is 6.92 Å². The predicted octanol–water partition coefficient (Wildman–Crippen LogP) is 2.85. The van der Waals surface area contributed by atoms with Crippen molar-refractivity contribution in [1.82, 2.24) is 4.31 Å². The second kappa shape index (κ2) is 7.01. The van der Waals surface area contributed by atoms with Gasteiger partial charge in [-0.2, -0.15) is 4.31 Å². The van der Waals surface area contributed by atoms with Crippen LogP contribution in [0.4, 0.5) is 0 Å². The molecule has 0 N–H and O–H groups in total. The van der Waals surface area contributed by atoms with Crippen LogP contribution in [0, 0.1) is 5.92 Å². The van der Waals surface area contributed by atoms with Crippen molar-refractivity contribution in [2.24, 2.45) is 5.92 Å². The molecule has 1 aliphatic rings. The Balaban J connectivity index is 2.27. The minimum absolute atomic E-state index is 0.0307. The van der Waals surface area contributed by atoms with Crippen LogP contribution in [0.25, 0.3) is 0 Å². The Morgan fingerprint density at radius 3 is 2.39 bits per heavy atom. The summed E-state index contributed by atoms with van der Waals surface area (Å²) in [5, 5.41) is 0. The summed E-state index contributed by atoms with van der Waals surface area (Å²) in [7, 11) is -3.67. The van der Waals surface area contributed by atoms with Crippen LogP contribution < -0.4 is 4.74 Å². The van der Waals surface area contributed by atoms with E-state index in [4.69, 9.17) is 4.74 Å². The van der Waals surface area contributed by atoms with Gasteiger partial charge in [0.05, 0.1) is 17.0 Å². The van der Waals surface area contributed by atoms with Crippen molar-refractivity contribution < 1.29 is 17.9 Å². The fraction of sp³-hybridized carbons (Fsp3) is 0.588. The number of benzene rings is 1. The summed E-state index contributed by atoms with van der Waals surface area (Å²) in [5.41, 5.74) is 0. The average Bonchev–Trinajstić information content (AvgIpc) is 2.46. The molecule has 0 amide bonds. The largest absolute Gasteiger partial charge is 0.491 e. The summed E-state index contributed by atoms with van der Waals surface area (Å²) in [6.07, 6.45) is 1.39. The number of piperidine rings is 1. The van der Waals surface area contributed by atoms with Crippen LogP contribution in [0.15, 0.2) is 29.2 Å². The van der Waals surface area contributed by atoms with Gasteiger partial charge in [-0.15, -0.1) is 0 Å². The number of sulfonamides is 1. The van der Waals surface area contributed by atoms with Gasteiger partial charge in [-0.3, -0.25) is 4.79 Å². The molecule has 0 radical (unpaired) electrons. The van der Waals surface area contributed by atoms with E-state index in [0.717, 1.165) is 6.42 Å². The minimum atomic E-state index is -3.67. The average molecular weight is 339 g/mol. The molecule has 1 aromatic carbocycles. The van der Waals surface area contributed by atoms with E-state index in [1.165, 1.54) is 11.2 Å². The summed E-state index contributed by atoms with van der Waals surface area (Å²) in [5.74, 6) is 0.895. The molecule has 1 fully saturated rings. The van der Waals surface area contributed by atoms with E-state index in [-0.39, 0.29) is 16.8 Å². The number of hydrogen-bond acceptors (Lipinski definition) is 4. The molecule has 6 heteroatoms. The van der Waals surface area contributed by atoms with Crippen molar-refractivity contribution in [2.45, 2.75) is 57.6 Å². The third-order valence-corrected chi connectivity index (χ3v) is 6.01. The molecule has 1 aromatic rings. The maximum Gasteiger partial charge on any atom is 0.243 e. The topological polar surface area (TPSA) is 63.7 Å². The van der Waals surface area contributed by atoms with Crippen molar-refractivity contribution in [2.75, 3.05) is 6.54 Å². The zero-order valence-electron chi connectivity index (χ0n) is 14.2. The van der Waals surface area contributed by atoms with Gasteiger partial charge in [0.15, 0.2) is 0 Å². The molecule has 2 atom stereocenters. The lowest BCUT2D eigenvalue weighted by Gasteiger charge is -2.36. The number of ketones is 1. The van der Waals surface area contributed by atoms with E-state index in [1.54, 1.807) is 24.3 Å². The molecule has 5 nitrogen and oxygen atoms in total. The fourth-order valence-corrected chi connectivity index (χ4v) is 4.54. The first-order valence-electron chi connectivity index (χ1n) is 8.01. The van der Waals surface area contributed by atoms with Crippen LogP contribution in [0.3, 0.4) is 0 Å². The number of carbonyl (C=O) groups is 1. The molecule has 1 heterocycles. The van der Waals surface area contributed by atoms with Crippen molar-refractivity contribution in [3.8, 4) is 5.75 Å². The molecule has 1 saturated heterocycles. The lowest BCUT2D eigenvalue weighted by atomic mass is 9.92. The first-order chi connectivity index (χ1) is 10.7. The Hall–Kier alpha value is -1.40. The van der Waals surface area contributed by atoms with Gasteiger partial charge in [0.25, 0.3) is 0 Å². The van der Waals surface area contributed by atoms with Gasteiger partial charge >= 0.3 is 0 Å². The Morgan fingerprint density at radius 2 is 1.87 bits per heavy atom. The van der Waals surface area contributed by atoms with Gasteiger partial charge in [-0.05, 0) is 63.8 Å². The molecule has 128 valence electrons. The molecular weight excluding hydrogens is 314 g/mol. The number of rotatable bonds is 5. The summed E-state index contributed by atoms with van der Waals surface area (Å²) in [6.45, 7) is 7.73. The van der Waals surface area contributed by atoms with Crippen molar-refractivity contribution in [3.05, 3.63) is 24.3 Å². The molecule has 0 spiro atoms. The summed E-state index contributed by atoms with van der Waals surface area (Å²) < 4.78 is 32.6. The van der Waals surface area contributed by atoms with E-state index in [9.17, 15) is 13.2 Å². The quantitative estimate of drug-likeness (QED) is 0.827. The first kappa shape index (κ1) is 17.9. The monoisotopic (exact) mass is 339 g/mol. The van der Waals surface area contributed by atoms with E-state index in [1.807, 2.05) is 13.8 Å². The molecule has 2 rings (SSSR count). The summed E-state index contributed by atoms with van der Waals surface area (Å²) in [6, 6.07) is 5.84. The maximum absolute atomic E-state index is 12.9. The molecule has 0 aliphatic carbocycles. The maximum atomic E-state index is 12.9. The zero-order valence-corrected chi connectivity index (χ0v) is 15.0.